The first-order valence-corrected chi connectivity index (χ1v) is 17.2. The molecule has 1 heterocycles. The van der Waals surface area contributed by atoms with Gasteiger partial charge >= 0.3 is 0 Å². The van der Waals surface area contributed by atoms with Crippen molar-refractivity contribution >= 4 is 45.6 Å². The van der Waals surface area contributed by atoms with Crippen LogP contribution in [0.25, 0.3) is 22.3 Å². The van der Waals surface area contributed by atoms with Gasteiger partial charge in [-0.3, -0.25) is 9.59 Å². The van der Waals surface area contributed by atoms with E-state index in [0.717, 1.165) is 92.8 Å². The lowest BCUT2D eigenvalue weighted by molar-refractivity contribution is -0.117. The summed E-state index contributed by atoms with van der Waals surface area (Å²) >= 11 is 0. The molecule has 0 fully saturated rings. The van der Waals surface area contributed by atoms with Crippen LogP contribution in [-0.4, -0.2) is 70.9 Å². The van der Waals surface area contributed by atoms with E-state index in [1.54, 1.807) is 0 Å². The molecular weight excluding hydrogens is 586 g/mol. The Balaban J connectivity index is 1.42. The van der Waals surface area contributed by atoms with E-state index in [-0.39, 0.29) is 11.8 Å². The number of unbranched alkanes of at least 4 members (excludes halogenated alkanes) is 2. The van der Waals surface area contributed by atoms with Crippen molar-refractivity contribution in [1.29, 1.82) is 0 Å². The van der Waals surface area contributed by atoms with Crippen LogP contribution in [-0.2, 0) is 9.59 Å². The number of nitrogens with one attached hydrogen (secondary N) is 3. The summed E-state index contributed by atoms with van der Waals surface area (Å²) in [6.07, 6.45) is 4.69. The highest BCUT2D eigenvalue weighted by atomic mass is 16.2. The highest BCUT2D eigenvalue weighted by Crippen LogP contribution is 2.31. The summed E-state index contributed by atoms with van der Waals surface area (Å²) in [4.78, 5) is 40.0. The third kappa shape index (κ3) is 10.9. The van der Waals surface area contributed by atoms with Gasteiger partial charge in [0.25, 0.3) is 0 Å². The van der Waals surface area contributed by atoms with Crippen LogP contribution in [0.4, 0.5) is 22.9 Å². The monoisotopic (exact) mass is 637 g/mol. The summed E-state index contributed by atoms with van der Waals surface area (Å²) in [6.45, 7) is 14.8. The fourth-order valence-corrected chi connectivity index (χ4v) is 5.61. The maximum atomic E-state index is 12.9. The maximum absolute atomic E-state index is 12.9. The minimum atomic E-state index is -0.0112. The van der Waals surface area contributed by atoms with Gasteiger partial charge in [-0.2, -0.15) is 0 Å². The van der Waals surface area contributed by atoms with Crippen molar-refractivity contribution in [3.05, 3.63) is 72.8 Å². The summed E-state index contributed by atoms with van der Waals surface area (Å²) in [6, 6.07) is 23.2. The summed E-state index contributed by atoms with van der Waals surface area (Å²) < 4.78 is 0. The Morgan fingerprint density at radius 1 is 0.617 bits per heavy atom. The SMILES string of the molecule is CCN(CC)CCCCC(=O)Nc1ccc(Nc2nc(-c3ccccc3NC(=O)CCCCN(CC)CC)nc3ccccc23)cc1. The highest BCUT2D eigenvalue weighted by Gasteiger charge is 2.15. The molecule has 0 saturated heterocycles. The first-order valence-electron chi connectivity index (χ1n) is 17.2. The van der Waals surface area contributed by atoms with E-state index in [4.69, 9.17) is 9.97 Å². The molecule has 0 radical (unpaired) electrons. The fourth-order valence-electron chi connectivity index (χ4n) is 5.61. The molecule has 2 amide bonds. The Hall–Kier alpha value is -4.34. The van der Waals surface area contributed by atoms with E-state index in [1.807, 2.05) is 72.8 Å². The fraction of sp³-hybridized carbons (Fsp3) is 0.421. The minimum absolute atomic E-state index is 0.0112. The normalized spacial score (nSPS) is 11.3. The van der Waals surface area contributed by atoms with Crippen molar-refractivity contribution in [2.45, 2.75) is 66.2 Å². The lowest BCUT2D eigenvalue weighted by Crippen LogP contribution is -2.24. The van der Waals surface area contributed by atoms with E-state index in [1.165, 1.54) is 0 Å². The van der Waals surface area contributed by atoms with Crippen LogP contribution < -0.4 is 16.0 Å². The molecule has 0 atom stereocenters. The van der Waals surface area contributed by atoms with Crippen LogP contribution in [0.1, 0.15) is 66.2 Å². The van der Waals surface area contributed by atoms with Crippen molar-refractivity contribution < 1.29 is 9.59 Å². The highest BCUT2D eigenvalue weighted by molar-refractivity contribution is 5.97. The molecule has 0 aliphatic heterocycles. The number of aromatic nitrogens is 2. The first kappa shape index (κ1) is 35.5. The summed E-state index contributed by atoms with van der Waals surface area (Å²) in [5, 5.41) is 10.5. The maximum Gasteiger partial charge on any atom is 0.224 e. The topological polar surface area (TPSA) is 102 Å². The van der Waals surface area contributed by atoms with E-state index >= 15 is 0 Å². The average Bonchev–Trinajstić information content (AvgIpc) is 3.09. The van der Waals surface area contributed by atoms with Crippen LogP contribution in [0, 0.1) is 0 Å². The number of nitrogens with zero attached hydrogens (tertiary/aromatic N) is 4. The molecule has 47 heavy (non-hydrogen) atoms. The van der Waals surface area contributed by atoms with Crippen LogP contribution in [0.2, 0.25) is 0 Å². The van der Waals surface area contributed by atoms with Crippen LogP contribution >= 0.6 is 0 Å². The van der Waals surface area contributed by atoms with Crippen molar-refractivity contribution in [3.63, 3.8) is 0 Å². The van der Waals surface area contributed by atoms with Crippen LogP contribution in [0.5, 0.6) is 0 Å². The lowest BCUT2D eigenvalue weighted by atomic mass is 10.1. The van der Waals surface area contributed by atoms with Crippen molar-refractivity contribution in [2.75, 3.05) is 55.2 Å². The van der Waals surface area contributed by atoms with Gasteiger partial charge in [0.2, 0.25) is 11.8 Å². The molecule has 3 N–H and O–H groups in total. The molecule has 0 spiro atoms. The predicted molar refractivity (Wildman–Crippen MR) is 195 cm³/mol. The van der Waals surface area contributed by atoms with Gasteiger partial charge in [-0.15, -0.1) is 0 Å². The number of rotatable bonds is 19. The number of hydrogen-bond donors (Lipinski definition) is 3. The second-order valence-corrected chi connectivity index (χ2v) is 11.7. The Kier molecular flexibility index (Phi) is 14.1. The number of fused-ring (bicyclic) bond motifs is 1. The molecule has 0 bridgehead atoms. The van der Waals surface area contributed by atoms with E-state index in [0.29, 0.717) is 30.2 Å². The number of anilines is 4. The summed E-state index contributed by atoms with van der Waals surface area (Å²) in [5.41, 5.74) is 3.84. The molecule has 9 heteroatoms. The largest absolute Gasteiger partial charge is 0.340 e. The van der Waals surface area contributed by atoms with Crippen LogP contribution in [0.15, 0.2) is 72.8 Å². The second kappa shape index (κ2) is 18.7. The number of hydrogen-bond acceptors (Lipinski definition) is 7. The second-order valence-electron chi connectivity index (χ2n) is 11.7. The molecule has 1 aromatic heterocycles. The number of benzene rings is 3. The molecule has 4 aromatic rings. The molecule has 0 aliphatic carbocycles. The molecule has 3 aromatic carbocycles. The molecule has 4 rings (SSSR count). The summed E-state index contributed by atoms with van der Waals surface area (Å²) in [5.74, 6) is 1.20. The Morgan fingerprint density at radius 3 is 1.81 bits per heavy atom. The van der Waals surface area contributed by atoms with Gasteiger partial charge < -0.3 is 25.8 Å². The Morgan fingerprint density at radius 2 is 1.17 bits per heavy atom. The Bertz CT molecular complexity index is 1570. The van der Waals surface area contributed by atoms with Gasteiger partial charge in [0.05, 0.1) is 11.2 Å². The molecule has 250 valence electrons. The third-order valence-electron chi connectivity index (χ3n) is 8.52. The number of carbonyl (C=O) groups is 2. The lowest BCUT2D eigenvalue weighted by Gasteiger charge is -2.17. The van der Waals surface area contributed by atoms with Crippen molar-refractivity contribution in [1.82, 2.24) is 19.8 Å². The van der Waals surface area contributed by atoms with Gasteiger partial charge in [-0.05, 0) is 113 Å². The third-order valence-corrected chi connectivity index (χ3v) is 8.52. The molecule has 0 aliphatic rings. The molecule has 9 nitrogen and oxygen atoms in total. The van der Waals surface area contributed by atoms with Gasteiger partial charge in [0.1, 0.15) is 5.82 Å². The Labute approximate surface area is 280 Å². The van der Waals surface area contributed by atoms with E-state index in [2.05, 4.69) is 53.4 Å². The zero-order valence-corrected chi connectivity index (χ0v) is 28.5. The average molecular weight is 638 g/mol. The van der Waals surface area contributed by atoms with Gasteiger partial charge in [0.15, 0.2) is 5.82 Å². The van der Waals surface area contributed by atoms with E-state index < -0.39 is 0 Å². The predicted octanol–water partition coefficient (Wildman–Crippen LogP) is 7.94. The van der Waals surface area contributed by atoms with Crippen molar-refractivity contribution in [2.24, 2.45) is 0 Å². The zero-order chi connectivity index (χ0) is 33.4. The van der Waals surface area contributed by atoms with E-state index in [9.17, 15) is 9.59 Å². The molecule has 0 unspecified atom stereocenters. The van der Waals surface area contributed by atoms with Gasteiger partial charge in [-0.1, -0.05) is 52.0 Å². The number of carbonyl (C=O) groups excluding carboxylic acids is 2. The molecular formula is C38H51N7O2. The smallest absolute Gasteiger partial charge is 0.224 e. The minimum Gasteiger partial charge on any atom is -0.340 e. The summed E-state index contributed by atoms with van der Waals surface area (Å²) in [7, 11) is 0. The van der Waals surface area contributed by atoms with Crippen LogP contribution in [0.3, 0.4) is 0 Å². The first-order chi connectivity index (χ1) is 22.9. The van der Waals surface area contributed by atoms with Gasteiger partial charge in [0, 0.05) is 35.2 Å². The quantitative estimate of drug-likeness (QED) is 0.0897. The zero-order valence-electron chi connectivity index (χ0n) is 28.5. The molecule has 0 saturated carbocycles. The number of amides is 2. The van der Waals surface area contributed by atoms with Gasteiger partial charge in [-0.25, -0.2) is 9.97 Å². The standard InChI is InChI=1S/C38H51N7O2/c1-5-44(6-2)27-15-13-21-35(46)39-29-23-25-30(26-24-29)40-37-32-18-10-12-20-34(32)42-38(43-37)31-17-9-11-19-33(31)41-36(47)22-14-16-28-45(7-3)8-4/h9-12,17-20,23-26H,5-8,13-16,21-22,27-28H2,1-4H3,(H,39,46)(H,41,47)(H,40,42,43). The number of para-hydroxylation sites is 2. The van der Waals surface area contributed by atoms with Crippen molar-refractivity contribution in [3.8, 4) is 11.4 Å².